The van der Waals surface area contributed by atoms with E-state index < -0.39 is 0 Å². The Hall–Kier alpha value is -5.13. The van der Waals surface area contributed by atoms with Gasteiger partial charge in [-0.2, -0.15) is 0 Å². The standard InChI is InChI=1S/C40H46N8O2/c41-28-16-29(42)22-47(21-28)35-18-34(19-36(20-35)48-23-30(43)17-31(44)24-48)45-32-11-13-33(14-12-32)46-40(49)38-15-10-27-8-4-5-9-37(27)39(38)50-25-26-6-2-1-3-7-26/h1-15,18-20,28-31,45H,16-17,21-25,41-44H2,(H,46,49)/t28-,29+,30-,31+. The molecule has 10 heteroatoms. The van der Waals surface area contributed by atoms with E-state index in [-0.39, 0.29) is 30.1 Å². The number of rotatable bonds is 9. The van der Waals surface area contributed by atoms with Crippen molar-refractivity contribution in [3.8, 4) is 5.75 Å². The largest absolute Gasteiger partial charge is 0.487 e. The number of amides is 1. The van der Waals surface area contributed by atoms with Gasteiger partial charge in [0, 0.05) is 84.2 Å². The molecular formula is C40H46N8O2. The van der Waals surface area contributed by atoms with Crippen molar-refractivity contribution in [3.05, 3.63) is 120 Å². The Balaban J connectivity index is 1.10. The highest BCUT2D eigenvalue weighted by Gasteiger charge is 2.26. The number of benzene rings is 5. The highest BCUT2D eigenvalue weighted by Crippen LogP contribution is 2.34. The summed E-state index contributed by atoms with van der Waals surface area (Å²) in [6, 6.07) is 35.8. The second-order valence-corrected chi connectivity index (χ2v) is 13.7. The fraction of sp³-hybridized carbons (Fsp3) is 0.275. The number of carbonyl (C=O) groups is 1. The molecule has 0 unspecified atom stereocenters. The molecule has 0 bridgehead atoms. The fourth-order valence-electron chi connectivity index (χ4n) is 7.12. The van der Waals surface area contributed by atoms with E-state index in [1.54, 1.807) is 0 Å². The van der Waals surface area contributed by atoms with Crippen molar-refractivity contribution in [3.63, 3.8) is 0 Å². The van der Waals surface area contributed by atoms with Crippen LogP contribution in [0.2, 0.25) is 0 Å². The van der Waals surface area contributed by atoms with Crippen LogP contribution in [-0.2, 0) is 6.61 Å². The van der Waals surface area contributed by atoms with E-state index in [1.807, 2.05) is 91.0 Å². The summed E-state index contributed by atoms with van der Waals surface area (Å²) in [5.41, 5.74) is 31.6. The van der Waals surface area contributed by atoms with Crippen LogP contribution in [-0.4, -0.2) is 56.3 Å². The molecule has 7 rings (SSSR count). The van der Waals surface area contributed by atoms with E-state index in [9.17, 15) is 4.79 Å². The van der Waals surface area contributed by atoms with E-state index in [2.05, 4.69) is 38.6 Å². The van der Waals surface area contributed by atoms with E-state index in [0.29, 0.717) is 23.6 Å². The smallest absolute Gasteiger partial charge is 0.259 e. The molecule has 2 saturated heterocycles. The van der Waals surface area contributed by atoms with Crippen molar-refractivity contribution >= 4 is 45.1 Å². The number of ether oxygens (including phenoxy) is 1. The third-order valence-electron chi connectivity index (χ3n) is 9.45. The summed E-state index contributed by atoms with van der Waals surface area (Å²) in [5, 5.41) is 8.53. The molecule has 5 aromatic rings. The maximum atomic E-state index is 13.7. The van der Waals surface area contributed by atoms with Crippen LogP contribution in [0.5, 0.6) is 5.75 Å². The van der Waals surface area contributed by atoms with Crippen LogP contribution < -0.4 is 48.1 Å². The molecule has 1 amide bonds. The third kappa shape index (κ3) is 7.85. The van der Waals surface area contributed by atoms with Gasteiger partial charge >= 0.3 is 0 Å². The van der Waals surface area contributed by atoms with Gasteiger partial charge in [0.25, 0.3) is 5.91 Å². The maximum Gasteiger partial charge on any atom is 0.259 e. The molecule has 0 aliphatic carbocycles. The van der Waals surface area contributed by atoms with Gasteiger partial charge in [0.1, 0.15) is 12.4 Å². The predicted octanol–water partition coefficient (Wildman–Crippen LogP) is 5.14. The molecule has 50 heavy (non-hydrogen) atoms. The molecule has 5 aromatic carbocycles. The Bertz CT molecular complexity index is 1870. The van der Waals surface area contributed by atoms with Crippen LogP contribution in [0.3, 0.4) is 0 Å². The predicted molar refractivity (Wildman–Crippen MR) is 204 cm³/mol. The van der Waals surface area contributed by atoms with Crippen molar-refractivity contribution < 1.29 is 9.53 Å². The van der Waals surface area contributed by atoms with Crippen LogP contribution in [0.25, 0.3) is 10.8 Å². The van der Waals surface area contributed by atoms with E-state index in [0.717, 1.165) is 78.1 Å². The van der Waals surface area contributed by atoms with Gasteiger partial charge in [0.2, 0.25) is 0 Å². The molecule has 0 saturated carbocycles. The summed E-state index contributed by atoms with van der Waals surface area (Å²) >= 11 is 0. The number of anilines is 5. The van der Waals surface area contributed by atoms with Gasteiger partial charge in [0.05, 0.1) is 5.56 Å². The highest BCUT2D eigenvalue weighted by atomic mass is 16.5. The first-order valence-corrected chi connectivity index (χ1v) is 17.3. The summed E-state index contributed by atoms with van der Waals surface area (Å²) in [5.74, 6) is 0.317. The maximum absolute atomic E-state index is 13.7. The molecule has 2 heterocycles. The van der Waals surface area contributed by atoms with Crippen molar-refractivity contribution in [1.29, 1.82) is 0 Å². The van der Waals surface area contributed by atoms with Gasteiger partial charge in [-0.1, -0.05) is 60.7 Å². The molecule has 10 N–H and O–H groups in total. The van der Waals surface area contributed by atoms with Gasteiger partial charge in [-0.15, -0.1) is 0 Å². The number of carbonyl (C=O) groups excluding carboxylic acids is 1. The molecule has 10 nitrogen and oxygen atoms in total. The Morgan fingerprint density at radius 3 is 1.82 bits per heavy atom. The molecule has 0 radical (unpaired) electrons. The lowest BCUT2D eigenvalue weighted by molar-refractivity contribution is 0.102. The molecule has 2 fully saturated rings. The average molecular weight is 671 g/mol. The first-order chi connectivity index (χ1) is 24.3. The first kappa shape index (κ1) is 33.4. The number of hydrogen-bond donors (Lipinski definition) is 6. The second kappa shape index (κ2) is 14.8. The number of nitrogens with zero attached hydrogens (tertiary/aromatic N) is 2. The SMILES string of the molecule is N[C@@H]1C[C@H](N)CN(c2cc(Nc3ccc(NC(=O)c4ccc5ccccc5c4OCc4ccccc4)cc3)cc(N3C[C@H](N)C[C@H](N)C3)c2)C1. The lowest BCUT2D eigenvalue weighted by atomic mass is 10.00. The molecule has 0 aromatic heterocycles. The Kier molecular flexibility index (Phi) is 9.86. The number of fused-ring (bicyclic) bond motifs is 1. The van der Waals surface area contributed by atoms with Crippen molar-refractivity contribution in [2.75, 3.05) is 46.6 Å². The fourth-order valence-corrected chi connectivity index (χ4v) is 7.12. The second-order valence-electron chi connectivity index (χ2n) is 13.7. The van der Waals surface area contributed by atoms with Gasteiger partial charge in [-0.3, -0.25) is 4.79 Å². The molecular weight excluding hydrogens is 624 g/mol. The van der Waals surface area contributed by atoms with E-state index in [4.69, 9.17) is 27.7 Å². The Morgan fingerprint density at radius 2 is 1.20 bits per heavy atom. The summed E-state index contributed by atoms with van der Waals surface area (Å²) in [6.07, 6.45) is 1.62. The number of nitrogens with one attached hydrogen (secondary N) is 2. The molecule has 4 atom stereocenters. The summed E-state index contributed by atoms with van der Waals surface area (Å²) in [7, 11) is 0. The van der Waals surface area contributed by atoms with Gasteiger partial charge in [-0.25, -0.2) is 0 Å². The van der Waals surface area contributed by atoms with E-state index >= 15 is 0 Å². The van der Waals surface area contributed by atoms with Gasteiger partial charge < -0.3 is 48.1 Å². The minimum atomic E-state index is -0.243. The number of hydrogen-bond acceptors (Lipinski definition) is 9. The van der Waals surface area contributed by atoms with Crippen LogP contribution in [0, 0.1) is 0 Å². The summed E-state index contributed by atoms with van der Waals surface area (Å²) in [4.78, 5) is 18.2. The van der Waals surface area contributed by atoms with Gasteiger partial charge in [-0.05, 0) is 72.3 Å². The summed E-state index contributed by atoms with van der Waals surface area (Å²) < 4.78 is 6.31. The van der Waals surface area contributed by atoms with Crippen LogP contribution in [0.4, 0.5) is 28.4 Å². The monoisotopic (exact) mass is 670 g/mol. The molecule has 2 aliphatic heterocycles. The van der Waals surface area contributed by atoms with Gasteiger partial charge in [0.15, 0.2) is 0 Å². The quantitative estimate of drug-likeness (QED) is 0.125. The van der Waals surface area contributed by atoms with Crippen molar-refractivity contribution in [1.82, 2.24) is 0 Å². The minimum Gasteiger partial charge on any atom is -0.487 e. The molecule has 0 spiro atoms. The van der Waals surface area contributed by atoms with E-state index in [1.165, 1.54) is 0 Å². The van der Waals surface area contributed by atoms with Crippen LogP contribution in [0.1, 0.15) is 28.8 Å². The van der Waals surface area contributed by atoms with Crippen molar-refractivity contribution in [2.45, 2.75) is 43.6 Å². The summed E-state index contributed by atoms with van der Waals surface area (Å²) in [6.45, 7) is 3.30. The van der Waals surface area contributed by atoms with Crippen LogP contribution >= 0.6 is 0 Å². The minimum absolute atomic E-state index is 0.0134. The molecule has 2 aliphatic rings. The topological polar surface area (TPSA) is 161 Å². The number of piperidine rings is 2. The van der Waals surface area contributed by atoms with Crippen molar-refractivity contribution in [2.24, 2.45) is 22.9 Å². The third-order valence-corrected chi connectivity index (χ3v) is 9.45. The zero-order valence-corrected chi connectivity index (χ0v) is 28.2. The number of nitrogens with two attached hydrogens (primary N) is 4. The zero-order valence-electron chi connectivity index (χ0n) is 28.2. The molecule has 258 valence electrons. The lowest BCUT2D eigenvalue weighted by Crippen LogP contribution is -2.53. The Labute approximate surface area is 293 Å². The zero-order chi connectivity index (χ0) is 34.6. The Morgan fingerprint density at radius 1 is 0.640 bits per heavy atom. The highest BCUT2D eigenvalue weighted by molar-refractivity contribution is 6.10. The average Bonchev–Trinajstić information content (AvgIpc) is 3.11. The normalized spacial score (nSPS) is 20.8. The van der Waals surface area contributed by atoms with Crippen LogP contribution in [0.15, 0.2) is 109 Å². The lowest BCUT2D eigenvalue weighted by Gasteiger charge is -2.39. The first-order valence-electron chi connectivity index (χ1n) is 17.3.